The Labute approximate surface area is 89.3 Å². The molecule has 15 heavy (non-hydrogen) atoms. The topological polar surface area (TPSA) is 54.7 Å². The molecule has 1 aromatic carbocycles. The highest BCUT2D eigenvalue weighted by atomic mass is 15.2. The summed E-state index contributed by atoms with van der Waals surface area (Å²) in [6, 6.07) is 10.3. The van der Waals surface area contributed by atoms with E-state index in [9.17, 15) is 0 Å². The van der Waals surface area contributed by atoms with Gasteiger partial charge in [0, 0.05) is 17.7 Å². The molecule has 3 nitrogen and oxygen atoms in total. The van der Waals surface area contributed by atoms with Crippen molar-refractivity contribution in [1.82, 2.24) is 10.2 Å². The number of aromatic amines is 1. The van der Waals surface area contributed by atoms with Gasteiger partial charge >= 0.3 is 0 Å². The van der Waals surface area contributed by atoms with Gasteiger partial charge in [-0.05, 0) is 12.0 Å². The molecule has 3 heteroatoms. The molecule has 0 atom stereocenters. The normalized spacial score (nSPS) is 10.5. The van der Waals surface area contributed by atoms with Crippen molar-refractivity contribution in [2.75, 3.05) is 5.73 Å². The maximum atomic E-state index is 5.82. The maximum absolute atomic E-state index is 5.82. The summed E-state index contributed by atoms with van der Waals surface area (Å²) in [6.07, 6.45) is 1.79. The second-order valence-electron chi connectivity index (χ2n) is 3.58. The van der Waals surface area contributed by atoms with E-state index < -0.39 is 0 Å². The average Bonchev–Trinajstić information content (AvgIpc) is 2.62. The van der Waals surface area contributed by atoms with Gasteiger partial charge in [0.15, 0.2) is 0 Å². The fourth-order valence-electron chi connectivity index (χ4n) is 1.71. The van der Waals surface area contributed by atoms with Crippen molar-refractivity contribution < 1.29 is 0 Å². The Morgan fingerprint density at radius 3 is 2.67 bits per heavy atom. The minimum Gasteiger partial charge on any atom is -0.382 e. The van der Waals surface area contributed by atoms with Gasteiger partial charge in [-0.3, -0.25) is 5.10 Å². The first kappa shape index (κ1) is 9.77. The third-order valence-electron chi connectivity index (χ3n) is 2.56. The summed E-state index contributed by atoms with van der Waals surface area (Å²) in [4.78, 5) is 0. The van der Waals surface area contributed by atoms with Crippen LogP contribution in [0.1, 0.15) is 23.7 Å². The van der Waals surface area contributed by atoms with Crippen LogP contribution in [0.5, 0.6) is 0 Å². The summed E-state index contributed by atoms with van der Waals surface area (Å²) in [5.74, 6) is 0.621. The van der Waals surface area contributed by atoms with Gasteiger partial charge in [0.2, 0.25) is 0 Å². The average molecular weight is 201 g/mol. The summed E-state index contributed by atoms with van der Waals surface area (Å²) in [5, 5.41) is 7.01. The number of aromatic nitrogens is 2. The Balaban J connectivity index is 2.27. The van der Waals surface area contributed by atoms with Crippen LogP contribution in [0.25, 0.3) is 0 Å². The molecule has 0 saturated heterocycles. The van der Waals surface area contributed by atoms with E-state index in [1.807, 2.05) is 18.2 Å². The van der Waals surface area contributed by atoms with Crippen molar-refractivity contribution in [2.45, 2.75) is 19.8 Å². The van der Waals surface area contributed by atoms with Crippen LogP contribution in [0.4, 0.5) is 5.82 Å². The molecular weight excluding hydrogens is 186 g/mol. The predicted octanol–water partition coefficient (Wildman–Crippen LogP) is 2.15. The summed E-state index contributed by atoms with van der Waals surface area (Å²) < 4.78 is 0. The van der Waals surface area contributed by atoms with E-state index >= 15 is 0 Å². The summed E-state index contributed by atoms with van der Waals surface area (Å²) >= 11 is 0. The zero-order chi connectivity index (χ0) is 10.7. The van der Waals surface area contributed by atoms with E-state index in [0.717, 1.165) is 24.1 Å². The Bertz CT molecular complexity index is 431. The van der Waals surface area contributed by atoms with Gasteiger partial charge in [-0.25, -0.2) is 0 Å². The smallest absolute Gasteiger partial charge is 0.149 e. The lowest BCUT2D eigenvalue weighted by Gasteiger charge is -2.02. The number of nitrogen functional groups attached to an aromatic ring is 1. The number of anilines is 1. The molecule has 0 spiro atoms. The molecule has 0 unspecified atom stereocenters. The molecule has 1 heterocycles. The zero-order valence-electron chi connectivity index (χ0n) is 8.83. The van der Waals surface area contributed by atoms with Crippen molar-refractivity contribution in [3.05, 3.63) is 47.2 Å². The molecule has 2 aromatic rings. The predicted molar refractivity (Wildman–Crippen MR) is 61.6 cm³/mol. The van der Waals surface area contributed by atoms with Gasteiger partial charge in [0.1, 0.15) is 5.82 Å². The van der Waals surface area contributed by atoms with Crippen molar-refractivity contribution >= 4 is 5.82 Å². The molecule has 1 aromatic heterocycles. The third kappa shape index (κ3) is 2.01. The molecule has 0 bridgehead atoms. The highest BCUT2D eigenvalue weighted by Gasteiger charge is 2.09. The molecule has 3 N–H and O–H groups in total. The largest absolute Gasteiger partial charge is 0.382 e. The monoisotopic (exact) mass is 201 g/mol. The standard InChI is InChI=1S/C12H15N3/c1-2-11-10(12(13)15-14-11)8-9-6-4-3-5-7-9/h3-7H,2,8H2,1H3,(H3,13,14,15). The third-order valence-corrected chi connectivity index (χ3v) is 2.56. The number of nitrogens with zero attached hydrogens (tertiary/aromatic N) is 1. The number of H-pyrrole nitrogens is 1. The van der Waals surface area contributed by atoms with Crippen LogP contribution in [0, 0.1) is 0 Å². The van der Waals surface area contributed by atoms with Gasteiger partial charge in [-0.2, -0.15) is 5.10 Å². The number of aryl methyl sites for hydroxylation is 1. The number of nitrogens with two attached hydrogens (primary N) is 1. The molecule has 0 aliphatic carbocycles. The lowest BCUT2D eigenvalue weighted by atomic mass is 10.0. The lowest BCUT2D eigenvalue weighted by Crippen LogP contribution is -1.96. The van der Waals surface area contributed by atoms with Gasteiger partial charge < -0.3 is 5.73 Å². The van der Waals surface area contributed by atoms with E-state index in [-0.39, 0.29) is 0 Å². The van der Waals surface area contributed by atoms with Crippen LogP contribution in [0.3, 0.4) is 0 Å². The van der Waals surface area contributed by atoms with Crippen LogP contribution >= 0.6 is 0 Å². The van der Waals surface area contributed by atoms with Crippen LogP contribution in [-0.4, -0.2) is 10.2 Å². The summed E-state index contributed by atoms with van der Waals surface area (Å²) in [5.41, 5.74) is 9.35. The quantitative estimate of drug-likeness (QED) is 0.799. The Morgan fingerprint density at radius 1 is 1.27 bits per heavy atom. The SMILES string of the molecule is CCc1[nH]nc(N)c1Cc1ccccc1. The first-order chi connectivity index (χ1) is 7.31. The second kappa shape index (κ2) is 4.17. The highest BCUT2D eigenvalue weighted by Crippen LogP contribution is 2.18. The van der Waals surface area contributed by atoms with Crippen LogP contribution in [-0.2, 0) is 12.8 Å². The summed E-state index contributed by atoms with van der Waals surface area (Å²) in [6.45, 7) is 2.10. The molecule has 0 aliphatic heterocycles. The number of hydrogen-bond acceptors (Lipinski definition) is 2. The van der Waals surface area contributed by atoms with Crippen molar-refractivity contribution in [3.8, 4) is 0 Å². The minimum absolute atomic E-state index is 0.621. The van der Waals surface area contributed by atoms with E-state index in [4.69, 9.17) is 5.73 Å². The Morgan fingerprint density at radius 2 is 2.00 bits per heavy atom. The van der Waals surface area contributed by atoms with Crippen LogP contribution < -0.4 is 5.73 Å². The van der Waals surface area contributed by atoms with Gasteiger partial charge in [-0.15, -0.1) is 0 Å². The number of benzene rings is 1. The molecule has 0 amide bonds. The van der Waals surface area contributed by atoms with Crippen molar-refractivity contribution in [1.29, 1.82) is 0 Å². The van der Waals surface area contributed by atoms with E-state index in [1.54, 1.807) is 0 Å². The molecule has 78 valence electrons. The maximum Gasteiger partial charge on any atom is 0.149 e. The summed E-state index contributed by atoms with van der Waals surface area (Å²) in [7, 11) is 0. The molecule has 0 fully saturated rings. The first-order valence-electron chi connectivity index (χ1n) is 5.16. The van der Waals surface area contributed by atoms with Gasteiger partial charge in [0.05, 0.1) is 0 Å². The molecule has 2 rings (SSSR count). The van der Waals surface area contributed by atoms with Crippen LogP contribution in [0.15, 0.2) is 30.3 Å². The zero-order valence-corrected chi connectivity index (χ0v) is 8.83. The molecular formula is C12H15N3. The van der Waals surface area contributed by atoms with Crippen LogP contribution in [0.2, 0.25) is 0 Å². The molecule has 0 radical (unpaired) electrons. The first-order valence-corrected chi connectivity index (χ1v) is 5.16. The molecule has 0 aliphatic rings. The number of nitrogens with one attached hydrogen (secondary N) is 1. The Hall–Kier alpha value is -1.77. The lowest BCUT2D eigenvalue weighted by molar-refractivity contribution is 0.962. The van der Waals surface area contributed by atoms with Crippen molar-refractivity contribution in [2.24, 2.45) is 0 Å². The number of hydrogen-bond donors (Lipinski definition) is 2. The Kier molecular flexibility index (Phi) is 2.72. The fourth-order valence-corrected chi connectivity index (χ4v) is 1.71. The van der Waals surface area contributed by atoms with E-state index in [0.29, 0.717) is 5.82 Å². The van der Waals surface area contributed by atoms with Gasteiger partial charge in [0.25, 0.3) is 0 Å². The second-order valence-corrected chi connectivity index (χ2v) is 3.58. The minimum atomic E-state index is 0.621. The van der Waals surface area contributed by atoms with E-state index in [1.165, 1.54) is 5.56 Å². The molecule has 0 saturated carbocycles. The number of rotatable bonds is 3. The fraction of sp³-hybridized carbons (Fsp3) is 0.250. The highest BCUT2D eigenvalue weighted by molar-refractivity contribution is 5.45. The van der Waals surface area contributed by atoms with Gasteiger partial charge in [-0.1, -0.05) is 37.3 Å². The van der Waals surface area contributed by atoms with Crippen molar-refractivity contribution in [3.63, 3.8) is 0 Å². The van der Waals surface area contributed by atoms with E-state index in [2.05, 4.69) is 29.3 Å².